The van der Waals surface area contributed by atoms with Gasteiger partial charge >= 0.3 is 5.97 Å². The molecule has 1 aromatic rings. The van der Waals surface area contributed by atoms with E-state index in [9.17, 15) is 4.79 Å². The van der Waals surface area contributed by atoms with Crippen LogP contribution in [-0.4, -0.2) is 24.3 Å². The second-order valence-corrected chi connectivity index (χ2v) is 3.17. The molecular weight excluding hydrogens is 208 g/mol. The summed E-state index contributed by atoms with van der Waals surface area (Å²) in [6, 6.07) is 6.59. The van der Waals surface area contributed by atoms with Gasteiger partial charge in [0.25, 0.3) is 0 Å². The van der Waals surface area contributed by atoms with Crippen LogP contribution in [0, 0.1) is 0 Å². The lowest BCUT2D eigenvalue weighted by atomic mass is 10.1. The number of hydrogen-bond donors (Lipinski definition) is 1. The molecule has 88 valence electrons. The Morgan fingerprint density at radius 2 is 1.94 bits per heavy atom. The Bertz CT molecular complexity index is 343. The minimum atomic E-state index is -0.950. The van der Waals surface area contributed by atoms with Gasteiger partial charge in [-0.2, -0.15) is 0 Å². The van der Waals surface area contributed by atoms with Gasteiger partial charge in [-0.25, -0.2) is 4.79 Å². The van der Waals surface area contributed by atoms with Gasteiger partial charge in [-0.15, -0.1) is 0 Å². The third kappa shape index (κ3) is 3.32. The van der Waals surface area contributed by atoms with Crippen LogP contribution in [0.3, 0.4) is 0 Å². The fourth-order valence-electron chi connectivity index (χ4n) is 1.36. The molecule has 0 aliphatic rings. The molecule has 0 heterocycles. The summed E-state index contributed by atoms with van der Waals surface area (Å²) in [7, 11) is 0. The van der Waals surface area contributed by atoms with Crippen molar-refractivity contribution < 1.29 is 19.4 Å². The molecule has 4 nitrogen and oxygen atoms in total. The molecule has 0 saturated heterocycles. The van der Waals surface area contributed by atoms with E-state index in [0.29, 0.717) is 13.2 Å². The molecule has 0 saturated carbocycles. The van der Waals surface area contributed by atoms with Crippen LogP contribution < -0.4 is 0 Å². The van der Waals surface area contributed by atoms with Gasteiger partial charge in [0.15, 0.2) is 6.29 Å². The summed E-state index contributed by atoms with van der Waals surface area (Å²) in [5, 5.41) is 8.87. The Kier molecular flexibility index (Phi) is 4.95. The Hall–Kier alpha value is -1.39. The number of ether oxygens (including phenoxy) is 2. The molecule has 0 aliphatic carbocycles. The predicted molar refractivity (Wildman–Crippen MR) is 59.4 cm³/mol. The SMILES string of the molecule is CCOC(OCC)c1cccc(C(=O)O)c1. The molecule has 1 N–H and O–H groups in total. The van der Waals surface area contributed by atoms with Crippen LogP contribution in [0.1, 0.15) is 36.1 Å². The van der Waals surface area contributed by atoms with Gasteiger partial charge in [0.05, 0.1) is 5.56 Å². The monoisotopic (exact) mass is 224 g/mol. The highest BCUT2D eigenvalue weighted by molar-refractivity contribution is 5.87. The number of benzene rings is 1. The van der Waals surface area contributed by atoms with E-state index in [1.54, 1.807) is 24.3 Å². The van der Waals surface area contributed by atoms with Crippen molar-refractivity contribution in [3.8, 4) is 0 Å². The van der Waals surface area contributed by atoms with E-state index < -0.39 is 12.3 Å². The lowest BCUT2D eigenvalue weighted by Crippen LogP contribution is -2.09. The normalized spacial score (nSPS) is 10.7. The van der Waals surface area contributed by atoms with Crippen LogP contribution in [-0.2, 0) is 9.47 Å². The summed E-state index contributed by atoms with van der Waals surface area (Å²) in [5.41, 5.74) is 0.963. The second-order valence-electron chi connectivity index (χ2n) is 3.17. The molecule has 0 atom stereocenters. The summed E-state index contributed by atoms with van der Waals surface area (Å²) < 4.78 is 10.8. The fraction of sp³-hybridized carbons (Fsp3) is 0.417. The third-order valence-electron chi connectivity index (χ3n) is 2.04. The zero-order chi connectivity index (χ0) is 12.0. The number of hydrogen-bond acceptors (Lipinski definition) is 3. The Morgan fingerprint density at radius 1 is 1.31 bits per heavy atom. The van der Waals surface area contributed by atoms with E-state index in [2.05, 4.69) is 0 Å². The molecule has 0 aromatic heterocycles. The van der Waals surface area contributed by atoms with E-state index in [4.69, 9.17) is 14.6 Å². The van der Waals surface area contributed by atoms with Crippen LogP contribution in [0.4, 0.5) is 0 Å². The number of rotatable bonds is 6. The highest BCUT2D eigenvalue weighted by atomic mass is 16.7. The van der Waals surface area contributed by atoms with Gasteiger partial charge in [0, 0.05) is 18.8 Å². The maximum Gasteiger partial charge on any atom is 0.335 e. The molecule has 1 rings (SSSR count). The van der Waals surface area contributed by atoms with Crippen molar-refractivity contribution in [3.63, 3.8) is 0 Å². The standard InChI is InChI=1S/C12H16O4/c1-3-15-12(16-4-2)10-7-5-6-9(8-10)11(13)14/h5-8,12H,3-4H2,1-2H3,(H,13,14). The largest absolute Gasteiger partial charge is 0.478 e. The first-order chi connectivity index (χ1) is 7.69. The Labute approximate surface area is 94.8 Å². The van der Waals surface area contributed by atoms with E-state index in [0.717, 1.165) is 5.56 Å². The quantitative estimate of drug-likeness (QED) is 0.754. The van der Waals surface area contributed by atoms with Crippen LogP contribution in [0.5, 0.6) is 0 Å². The fourth-order valence-corrected chi connectivity index (χ4v) is 1.36. The summed E-state index contributed by atoms with van der Waals surface area (Å²) >= 11 is 0. The molecular formula is C12H16O4. The highest BCUT2D eigenvalue weighted by Crippen LogP contribution is 2.20. The molecule has 0 amide bonds. The topological polar surface area (TPSA) is 55.8 Å². The summed E-state index contributed by atoms with van der Waals surface area (Å²) in [5.74, 6) is -0.950. The van der Waals surface area contributed by atoms with E-state index in [-0.39, 0.29) is 5.56 Å². The Morgan fingerprint density at radius 3 is 2.44 bits per heavy atom. The lowest BCUT2D eigenvalue weighted by Gasteiger charge is -2.17. The number of carbonyl (C=O) groups is 1. The second kappa shape index (κ2) is 6.25. The summed E-state index contributed by atoms with van der Waals surface area (Å²) in [4.78, 5) is 10.8. The molecule has 0 bridgehead atoms. The molecule has 0 spiro atoms. The molecule has 0 unspecified atom stereocenters. The minimum Gasteiger partial charge on any atom is -0.478 e. The minimum absolute atomic E-state index is 0.238. The van der Waals surface area contributed by atoms with Crippen LogP contribution in [0.15, 0.2) is 24.3 Å². The van der Waals surface area contributed by atoms with Crippen LogP contribution in [0.2, 0.25) is 0 Å². The highest BCUT2D eigenvalue weighted by Gasteiger charge is 2.13. The van der Waals surface area contributed by atoms with Crippen molar-refractivity contribution in [2.75, 3.05) is 13.2 Å². The van der Waals surface area contributed by atoms with E-state index in [1.165, 1.54) is 0 Å². The number of aromatic carboxylic acids is 1. The molecule has 4 heteroatoms. The average molecular weight is 224 g/mol. The maximum absolute atomic E-state index is 10.8. The van der Waals surface area contributed by atoms with Crippen molar-refractivity contribution >= 4 is 5.97 Å². The maximum atomic E-state index is 10.8. The first-order valence-electron chi connectivity index (χ1n) is 5.25. The Balaban J connectivity index is 2.90. The van der Waals surface area contributed by atoms with Gasteiger partial charge in [0.1, 0.15) is 0 Å². The van der Waals surface area contributed by atoms with E-state index >= 15 is 0 Å². The first kappa shape index (κ1) is 12.7. The van der Waals surface area contributed by atoms with Crippen LogP contribution in [0.25, 0.3) is 0 Å². The third-order valence-corrected chi connectivity index (χ3v) is 2.04. The summed E-state index contributed by atoms with van der Waals surface area (Å²) in [6.07, 6.45) is -0.491. The lowest BCUT2D eigenvalue weighted by molar-refractivity contribution is -0.140. The van der Waals surface area contributed by atoms with Crippen molar-refractivity contribution in [1.29, 1.82) is 0 Å². The summed E-state index contributed by atoms with van der Waals surface area (Å²) in [6.45, 7) is 4.77. The average Bonchev–Trinajstić information content (AvgIpc) is 2.29. The van der Waals surface area contributed by atoms with Gasteiger partial charge in [-0.05, 0) is 26.0 Å². The zero-order valence-corrected chi connectivity index (χ0v) is 9.47. The molecule has 1 aromatic carbocycles. The van der Waals surface area contributed by atoms with Gasteiger partial charge < -0.3 is 14.6 Å². The van der Waals surface area contributed by atoms with Crippen LogP contribution >= 0.6 is 0 Å². The molecule has 0 fully saturated rings. The van der Waals surface area contributed by atoms with Crippen molar-refractivity contribution in [2.24, 2.45) is 0 Å². The number of carboxylic acid groups (broad SMARTS) is 1. The van der Waals surface area contributed by atoms with Gasteiger partial charge in [0.2, 0.25) is 0 Å². The smallest absolute Gasteiger partial charge is 0.335 e. The molecule has 0 radical (unpaired) electrons. The van der Waals surface area contributed by atoms with Crippen molar-refractivity contribution in [1.82, 2.24) is 0 Å². The first-order valence-corrected chi connectivity index (χ1v) is 5.25. The predicted octanol–water partition coefficient (Wildman–Crippen LogP) is 2.46. The molecule has 16 heavy (non-hydrogen) atoms. The molecule has 0 aliphatic heterocycles. The van der Waals surface area contributed by atoms with Gasteiger partial charge in [-0.1, -0.05) is 12.1 Å². The van der Waals surface area contributed by atoms with Crippen molar-refractivity contribution in [2.45, 2.75) is 20.1 Å². The number of carboxylic acids is 1. The van der Waals surface area contributed by atoms with Crippen molar-refractivity contribution in [3.05, 3.63) is 35.4 Å². The van der Waals surface area contributed by atoms with E-state index in [1.807, 2.05) is 13.8 Å². The van der Waals surface area contributed by atoms with Gasteiger partial charge in [-0.3, -0.25) is 0 Å². The zero-order valence-electron chi connectivity index (χ0n) is 9.47.